The molecule has 0 fully saturated rings. The third-order valence-corrected chi connectivity index (χ3v) is 2.50. The van der Waals surface area contributed by atoms with E-state index in [4.69, 9.17) is 0 Å². The lowest BCUT2D eigenvalue weighted by Crippen LogP contribution is -2.33. The van der Waals surface area contributed by atoms with Gasteiger partial charge in [0.1, 0.15) is 0 Å². The molecule has 3 nitrogen and oxygen atoms in total. The highest BCUT2D eigenvalue weighted by Gasteiger charge is 1.98. The first-order chi connectivity index (χ1) is 7.76. The molecule has 0 saturated carbocycles. The van der Waals surface area contributed by atoms with Crippen LogP contribution in [0.25, 0.3) is 0 Å². The lowest BCUT2D eigenvalue weighted by atomic mass is 10.1. The monoisotopic (exact) mass is 220 g/mol. The van der Waals surface area contributed by atoms with E-state index in [0.717, 1.165) is 12.8 Å². The molecule has 0 radical (unpaired) electrons. The lowest BCUT2D eigenvalue weighted by Gasteiger charge is -2.05. The van der Waals surface area contributed by atoms with E-state index in [1.165, 1.54) is 11.1 Å². The van der Waals surface area contributed by atoms with Gasteiger partial charge in [0.25, 0.3) is 0 Å². The van der Waals surface area contributed by atoms with Gasteiger partial charge < -0.3 is 10.6 Å². The number of benzene rings is 1. The topological polar surface area (TPSA) is 41.1 Å². The highest BCUT2D eigenvalue weighted by molar-refractivity contribution is 5.77. The molecule has 16 heavy (non-hydrogen) atoms. The summed E-state index contributed by atoms with van der Waals surface area (Å²) in [4.78, 5) is 11.2. The second-order valence-corrected chi connectivity index (χ2v) is 3.80. The average molecular weight is 220 g/mol. The van der Waals surface area contributed by atoms with Crippen LogP contribution in [0.2, 0.25) is 0 Å². The van der Waals surface area contributed by atoms with Crippen LogP contribution < -0.4 is 10.6 Å². The van der Waals surface area contributed by atoms with E-state index in [0.29, 0.717) is 13.1 Å². The number of rotatable bonds is 6. The van der Waals surface area contributed by atoms with Crippen molar-refractivity contribution in [2.75, 3.05) is 20.1 Å². The Morgan fingerprint density at radius 2 is 1.81 bits per heavy atom. The normalized spacial score (nSPS) is 10.1. The van der Waals surface area contributed by atoms with Crippen molar-refractivity contribution in [3.8, 4) is 0 Å². The second-order valence-electron chi connectivity index (χ2n) is 3.80. The van der Waals surface area contributed by atoms with Crippen LogP contribution in [0.15, 0.2) is 24.3 Å². The van der Waals surface area contributed by atoms with Crippen LogP contribution in [0, 0.1) is 0 Å². The Bertz CT molecular complexity index is 319. The summed E-state index contributed by atoms with van der Waals surface area (Å²) >= 11 is 0. The van der Waals surface area contributed by atoms with Gasteiger partial charge in [0.2, 0.25) is 5.91 Å². The van der Waals surface area contributed by atoms with Crippen LogP contribution in [0.5, 0.6) is 0 Å². The summed E-state index contributed by atoms with van der Waals surface area (Å²) in [6.07, 6.45) is 1.96. The highest BCUT2D eigenvalue weighted by Crippen LogP contribution is 2.05. The molecule has 0 aliphatic carbocycles. The fourth-order valence-electron chi connectivity index (χ4n) is 1.51. The minimum absolute atomic E-state index is 0.0488. The van der Waals surface area contributed by atoms with E-state index in [2.05, 4.69) is 41.8 Å². The molecule has 3 heteroatoms. The zero-order valence-electron chi connectivity index (χ0n) is 10.0. The van der Waals surface area contributed by atoms with Crippen LogP contribution in [-0.2, 0) is 17.6 Å². The summed E-state index contributed by atoms with van der Waals surface area (Å²) in [6.45, 7) is 3.23. The SMILES string of the molecule is CCc1ccc(CCNC(=O)CNC)cc1. The van der Waals surface area contributed by atoms with Gasteiger partial charge in [-0.25, -0.2) is 0 Å². The number of hydrogen-bond acceptors (Lipinski definition) is 2. The molecule has 88 valence electrons. The van der Waals surface area contributed by atoms with Crippen molar-refractivity contribution in [2.24, 2.45) is 0 Å². The fourth-order valence-corrected chi connectivity index (χ4v) is 1.51. The number of hydrogen-bond donors (Lipinski definition) is 2. The Hall–Kier alpha value is -1.35. The largest absolute Gasteiger partial charge is 0.355 e. The van der Waals surface area contributed by atoms with Crippen LogP contribution in [0.4, 0.5) is 0 Å². The van der Waals surface area contributed by atoms with E-state index >= 15 is 0 Å². The number of carbonyl (C=O) groups is 1. The van der Waals surface area contributed by atoms with Gasteiger partial charge in [-0.1, -0.05) is 31.2 Å². The summed E-state index contributed by atoms with van der Waals surface area (Å²) in [6, 6.07) is 8.54. The summed E-state index contributed by atoms with van der Waals surface area (Å²) < 4.78 is 0. The van der Waals surface area contributed by atoms with Gasteiger partial charge in [0.15, 0.2) is 0 Å². The third kappa shape index (κ3) is 4.45. The first kappa shape index (κ1) is 12.7. The van der Waals surface area contributed by atoms with Gasteiger partial charge in [-0.05, 0) is 31.0 Å². The Labute approximate surface area is 97.2 Å². The average Bonchev–Trinajstić information content (AvgIpc) is 2.30. The number of likely N-dealkylation sites (N-methyl/N-ethyl adjacent to an activating group) is 1. The zero-order chi connectivity index (χ0) is 11.8. The Morgan fingerprint density at radius 1 is 1.19 bits per heavy atom. The van der Waals surface area contributed by atoms with Crippen LogP contribution in [-0.4, -0.2) is 26.0 Å². The fraction of sp³-hybridized carbons (Fsp3) is 0.462. The molecule has 0 heterocycles. The maximum absolute atomic E-state index is 11.2. The molecule has 1 aromatic carbocycles. The van der Waals surface area contributed by atoms with E-state index in [1.807, 2.05) is 0 Å². The quantitative estimate of drug-likeness (QED) is 0.754. The highest BCUT2D eigenvalue weighted by atomic mass is 16.1. The van der Waals surface area contributed by atoms with Crippen LogP contribution in [0.3, 0.4) is 0 Å². The van der Waals surface area contributed by atoms with E-state index < -0.39 is 0 Å². The van der Waals surface area contributed by atoms with Crippen LogP contribution >= 0.6 is 0 Å². The van der Waals surface area contributed by atoms with Crippen molar-refractivity contribution in [1.82, 2.24) is 10.6 Å². The maximum atomic E-state index is 11.2. The first-order valence-electron chi connectivity index (χ1n) is 5.75. The van der Waals surface area contributed by atoms with Crippen LogP contribution in [0.1, 0.15) is 18.1 Å². The number of carbonyl (C=O) groups excluding carboxylic acids is 1. The van der Waals surface area contributed by atoms with Gasteiger partial charge >= 0.3 is 0 Å². The molecular formula is C13H20N2O. The molecule has 0 saturated heterocycles. The van der Waals surface area contributed by atoms with Gasteiger partial charge in [0, 0.05) is 6.54 Å². The summed E-state index contributed by atoms with van der Waals surface area (Å²) in [5.41, 5.74) is 2.62. The maximum Gasteiger partial charge on any atom is 0.233 e. The van der Waals surface area contributed by atoms with Crippen molar-refractivity contribution in [3.05, 3.63) is 35.4 Å². The summed E-state index contributed by atoms with van der Waals surface area (Å²) in [5, 5.41) is 5.68. The minimum atomic E-state index is 0.0488. The Kier molecular flexibility index (Phi) is 5.57. The lowest BCUT2D eigenvalue weighted by molar-refractivity contribution is -0.120. The molecule has 0 aliphatic heterocycles. The minimum Gasteiger partial charge on any atom is -0.355 e. The van der Waals surface area contributed by atoms with Crippen molar-refractivity contribution < 1.29 is 4.79 Å². The van der Waals surface area contributed by atoms with Crippen molar-refractivity contribution in [3.63, 3.8) is 0 Å². The molecule has 0 bridgehead atoms. The molecule has 0 unspecified atom stereocenters. The molecule has 0 atom stereocenters. The molecule has 2 N–H and O–H groups in total. The standard InChI is InChI=1S/C13H20N2O/c1-3-11-4-6-12(7-5-11)8-9-15-13(16)10-14-2/h4-7,14H,3,8-10H2,1-2H3,(H,15,16). The zero-order valence-corrected chi connectivity index (χ0v) is 10.0. The van der Waals surface area contributed by atoms with Gasteiger partial charge in [-0.15, -0.1) is 0 Å². The van der Waals surface area contributed by atoms with E-state index in [1.54, 1.807) is 7.05 Å². The smallest absolute Gasteiger partial charge is 0.233 e. The van der Waals surface area contributed by atoms with Gasteiger partial charge in [-0.3, -0.25) is 4.79 Å². The molecule has 0 aliphatic rings. The van der Waals surface area contributed by atoms with Crippen molar-refractivity contribution in [2.45, 2.75) is 19.8 Å². The van der Waals surface area contributed by atoms with Gasteiger partial charge in [-0.2, -0.15) is 0 Å². The van der Waals surface area contributed by atoms with E-state index in [-0.39, 0.29) is 5.91 Å². The molecule has 0 spiro atoms. The predicted octanol–water partition coefficient (Wildman–Crippen LogP) is 1.13. The molecular weight excluding hydrogens is 200 g/mol. The molecule has 1 rings (SSSR count). The second kappa shape index (κ2) is 7.01. The number of amides is 1. The Morgan fingerprint density at radius 3 is 2.38 bits per heavy atom. The molecule has 0 aromatic heterocycles. The van der Waals surface area contributed by atoms with Crippen molar-refractivity contribution in [1.29, 1.82) is 0 Å². The first-order valence-corrected chi connectivity index (χ1v) is 5.75. The van der Waals surface area contributed by atoms with Crippen molar-refractivity contribution >= 4 is 5.91 Å². The van der Waals surface area contributed by atoms with E-state index in [9.17, 15) is 4.79 Å². The Balaban J connectivity index is 2.29. The molecule has 1 aromatic rings. The third-order valence-electron chi connectivity index (χ3n) is 2.50. The van der Waals surface area contributed by atoms with Gasteiger partial charge in [0.05, 0.1) is 6.54 Å². The predicted molar refractivity (Wildman–Crippen MR) is 66.5 cm³/mol. The number of nitrogens with one attached hydrogen (secondary N) is 2. The molecule has 1 amide bonds. The summed E-state index contributed by atoms with van der Waals surface area (Å²) in [7, 11) is 1.77. The summed E-state index contributed by atoms with van der Waals surface area (Å²) in [5.74, 6) is 0.0488. The number of aryl methyl sites for hydroxylation is 1.